The van der Waals surface area contributed by atoms with Gasteiger partial charge in [-0.3, -0.25) is 19.5 Å². The molecule has 1 saturated heterocycles. The highest BCUT2D eigenvalue weighted by Crippen LogP contribution is 2.56. The summed E-state index contributed by atoms with van der Waals surface area (Å²) in [4.78, 5) is 31.4. The van der Waals surface area contributed by atoms with E-state index in [2.05, 4.69) is 4.98 Å². The first-order valence-electron chi connectivity index (χ1n) is 7.96. The summed E-state index contributed by atoms with van der Waals surface area (Å²) in [6.07, 6.45) is 5.04. The number of aromatic nitrogens is 1. The number of carbonyl (C=O) groups is 2. The molecule has 0 spiro atoms. The Labute approximate surface area is 128 Å². The Hall–Kier alpha value is -2.23. The van der Waals surface area contributed by atoms with E-state index in [1.807, 2.05) is 30.3 Å². The molecule has 1 aliphatic heterocycles. The van der Waals surface area contributed by atoms with E-state index in [1.54, 1.807) is 6.20 Å². The summed E-state index contributed by atoms with van der Waals surface area (Å²) in [7, 11) is 0. The minimum atomic E-state index is -0.0594. The van der Waals surface area contributed by atoms with Crippen molar-refractivity contribution in [3.63, 3.8) is 0 Å². The Morgan fingerprint density at radius 2 is 1.73 bits per heavy atom. The Morgan fingerprint density at radius 3 is 2.45 bits per heavy atom. The number of imide groups is 1. The van der Waals surface area contributed by atoms with Crippen LogP contribution in [0.4, 0.5) is 5.69 Å². The van der Waals surface area contributed by atoms with Crippen LogP contribution < -0.4 is 4.90 Å². The third-order valence-corrected chi connectivity index (χ3v) is 5.77. The second-order valence-corrected chi connectivity index (χ2v) is 6.78. The third-order valence-electron chi connectivity index (χ3n) is 5.77. The molecule has 3 fully saturated rings. The first-order chi connectivity index (χ1) is 10.7. The number of hydrogen-bond acceptors (Lipinski definition) is 3. The molecule has 2 saturated carbocycles. The molecule has 4 atom stereocenters. The van der Waals surface area contributed by atoms with E-state index in [0.29, 0.717) is 17.5 Å². The van der Waals surface area contributed by atoms with Crippen molar-refractivity contribution in [2.75, 3.05) is 4.90 Å². The average molecular weight is 292 g/mol. The number of nitrogens with zero attached hydrogens (tertiary/aromatic N) is 2. The molecule has 0 radical (unpaired) electrons. The quantitative estimate of drug-likeness (QED) is 0.759. The minimum Gasteiger partial charge on any atom is -0.274 e. The van der Waals surface area contributed by atoms with Crippen LogP contribution in [0, 0.1) is 23.7 Å². The minimum absolute atomic E-state index is 0.0189. The highest BCUT2D eigenvalue weighted by Gasteiger charge is 2.61. The van der Waals surface area contributed by atoms with Gasteiger partial charge in [-0.1, -0.05) is 6.07 Å². The van der Waals surface area contributed by atoms with Crippen LogP contribution in [0.5, 0.6) is 0 Å². The van der Waals surface area contributed by atoms with Crippen LogP contribution in [0.2, 0.25) is 0 Å². The van der Waals surface area contributed by atoms with Gasteiger partial charge in [0, 0.05) is 11.6 Å². The number of fused-ring (bicyclic) bond motifs is 6. The van der Waals surface area contributed by atoms with E-state index >= 15 is 0 Å². The van der Waals surface area contributed by atoms with Crippen molar-refractivity contribution in [3.05, 3.63) is 36.5 Å². The molecular formula is C18H16N2O2. The number of anilines is 1. The largest absolute Gasteiger partial charge is 0.274 e. The zero-order valence-electron chi connectivity index (χ0n) is 12.1. The van der Waals surface area contributed by atoms with Gasteiger partial charge in [0.15, 0.2) is 0 Å². The molecular weight excluding hydrogens is 276 g/mol. The molecule has 0 unspecified atom stereocenters. The molecule has 2 bridgehead atoms. The van der Waals surface area contributed by atoms with E-state index in [0.717, 1.165) is 30.2 Å². The van der Waals surface area contributed by atoms with Gasteiger partial charge < -0.3 is 0 Å². The lowest BCUT2D eigenvalue weighted by atomic mass is 9.81. The van der Waals surface area contributed by atoms with Gasteiger partial charge in [0.05, 0.1) is 23.0 Å². The Kier molecular flexibility index (Phi) is 2.33. The number of amides is 2. The summed E-state index contributed by atoms with van der Waals surface area (Å²) >= 11 is 0. The van der Waals surface area contributed by atoms with Crippen molar-refractivity contribution in [1.29, 1.82) is 0 Å². The predicted octanol–water partition coefficient (Wildman–Crippen LogP) is 2.77. The molecule has 2 aliphatic carbocycles. The zero-order valence-corrected chi connectivity index (χ0v) is 12.1. The molecule has 110 valence electrons. The summed E-state index contributed by atoms with van der Waals surface area (Å²) in [5.41, 5.74) is 1.58. The first kappa shape index (κ1) is 12.3. The fourth-order valence-corrected chi connectivity index (χ4v) is 4.87. The first-order valence-corrected chi connectivity index (χ1v) is 7.96. The highest BCUT2D eigenvalue weighted by atomic mass is 16.2. The Bertz CT molecular complexity index is 788. The monoisotopic (exact) mass is 292 g/mol. The van der Waals surface area contributed by atoms with Crippen LogP contribution in [0.25, 0.3) is 10.9 Å². The lowest BCUT2D eigenvalue weighted by Gasteiger charge is -2.19. The van der Waals surface area contributed by atoms with Crippen molar-refractivity contribution in [2.24, 2.45) is 23.7 Å². The number of hydrogen-bond donors (Lipinski definition) is 0. The molecule has 22 heavy (non-hydrogen) atoms. The van der Waals surface area contributed by atoms with Gasteiger partial charge in [-0.2, -0.15) is 0 Å². The highest BCUT2D eigenvalue weighted by molar-refractivity contribution is 6.23. The molecule has 3 aliphatic rings. The molecule has 1 aromatic carbocycles. The molecule has 4 nitrogen and oxygen atoms in total. The van der Waals surface area contributed by atoms with Crippen molar-refractivity contribution in [1.82, 2.24) is 4.98 Å². The number of carbonyl (C=O) groups excluding carboxylic acids is 2. The van der Waals surface area contributed by atoms with Crippen LogP contribution in [0.3, 0.4) is 0 Å². The van der Waals surface area contributed by atoms with Gasteiger partial charge in [-0.05, 0) is 55.4 Å². The fourth-order valence-electron chi connectivity index (χ4n) is 4.87. The van der Waals surface area contributed by atoms with Gasteiger partial charge in [-0.25, -0.2) is 0 Å². The van der Waals surface area contributed by atoms with E-state index < -0.39 is 0 Å². The summed E-state index contributed by atoms with van der Waals surface area (Å²) in [6.45, 7) is 0. The standard InChI is InChI=1S/C18H16N2O2/c21-17-15-11-3-4-12(8-11)16(15)18(22)20(17)13-5-6-14-10(9-13)2-1-7-19-14/h1-2,5-7,9,11-12,15-16H,3-4,8H2/t11-,12+,15-,16+. The van der Waals surface area contributed by atoms with E-state index in [1.165, 1.54) is 4.90 Å². The molecule has 0 N–H and O–H groups in total. The number of pyridine rings is 1. The van der Waals surface area contributed by atoms with Crippen LogP contribution >= 0.6 is 0 Å². The lowest BCUT2D eigenvalue weighted by Crippen LogP contribution is -2.32. The SMILES string of the molecule is O=C1[C@@H]2[C@@H]3CC[C@@H](C3)[C@@H]2C(=O)N1c1ccc2ncccc2c1. The molecule has 2 aromatic rings. The van der Waals surface area contributed by atoms with Crippen molar-refractivity contribution in [2.45, 2.75) is 19.3 Å². The van der Waals surface area contributed by atoms with E-state index in [4.69, 9.17) is 0 Å². The van der Waals surface area contributed by atoms with Crippen LogP contribution in [-0.2, 0) is 9.59 Å². The van der Waals surface area contributed by atoms with Crippen LogP contribution in [0.1, 0.15) is 19.3 Å². The second kappa shape index (κ2) is 4.15. The summed E-state index contributed by atoms with van der Waals surface area (Å²) in [6, 6.07) is 9.46. The maximum Gasteiger partial charge on any atom is 0.237 e. The van der Waals surface area contributed by atoms with Crippen molar-refractivity contribution < 1.29 is 9.59 Å². The summed E-state index contributed by atoms with van der Waals surface area (Å²) < 4.78 is 0. The van der Waals surface area contributed by atoms with Gasteiger partial charge in [0.25, 0.3) is 0 Å². The average Bonchev–Trinajstić information content (AvgIpc) is 3.21. The maximum absolute atomic E-state index is 12.8. The van der Waals surface area contributed by atoms with Crippen molar-refractivity contribution >= 4 is 28.4 Å². The smallest absolute Gasteiger partial charge is 0.237 e. The lowest BCUT2D eigenvalue weighted by molar-refractivity contribution is -0.123. The van der Waals surface area contributed by atoms with Crippen LogP contribution in [0.15, 0.2) is 36.5 Å². The summed E-state index contributed by atoms with van der Waals surface area (Å²) in [5.74, 6) is 0.778. The van der Waals surface area contributed by atoms with E-state index in [9.17, 15) is 9.59 Å². The predicted molar refractivity (Wildman–Crippen MR) is 82.0 cm³/mol. The molecule has 2 heterocycles. The van der Waals surface area contributed by atoms with Gasteiger partial charge in [-0.15, -0.1) is 0 Å². The van der Waals surface area contributed by atoms with Crippen molar-refractivity contribution in [3.8, 4) is 0 Å². The van der Waals surface area contributed by atoms with Gasteiger partial charge in [0.2, 0.25) is 11.8 Å². The molecule has 4 heteroatoms. The van der Waals surface area contributed by atoms with E-state index in [-0.39, 0.29) is 23.7 Å². The van der Waals surface area contributed by atoms with Gasteiger partial charge >= 0.3 is 0 Å². The maximum atomic E-state index is 12.8. The topological polar surface area (TPSA) is 50.3 Å². The number of rotatable bonds is 1. The van der Waals surface area contributed by atoms with Crippen LogP contribution in [-0.4, -0.2) is 16.8 Å². The molecule has 2 amide bonds. The fraction of sp³-hybridized carbons (Fsp3) is 0.389. The van der Waals surface area contributed by atoms with Gasteiger partial charge in [0.1, 0.15) is 0 Å². The molecule has 1 aromatic heterocycles. The third kappa shape index (κ3) is 1.45. The Morgan fingerprint density at radius 1 is 1.00 bits per heavy atom. The second-order valence-electron chi connectivity index (χ2n) is 6.78. The molecule has 5 rings (SSSR count). The summed E-state index contributed by atoms with van der Waals surface area (Å²) in [5, 5.41) is 0.959. The number of benzene rings is 1. The normalized spacial score (nSPS) is 33.0. The Balaban J connectivity index is 1.59. The zero-order chi connectivity index (χ0) is 14.8.